The SMILES string of the molecule is Clc1cccc(-c2nnc(-c3cncc(-c4cccs4)c3)o2)c1. The van der Waals surface area contributed by atoms with Crippen LogP contribution >= 0.6 is 22.9 Å². The lowest BCUT2D eigenvalue weighted by molar-refractivity contribution is 0.584. The van der Waals surface area contributed by atoms with E-state index in [1.807, 2.05) is 35.8 Å². The number of rotatable bonds is 3. The first-order valence-electron chi connectivity index (χ1n) is 6.88. The van der Waals surface area contributed by atoms with Crippen LogP contribution in [0.2, 0.25) is 5.02 Å². The number of thiophene rings is 1. The maximum absolute atomic E-state index is 6.00. The Morgan fingerprint density at radius 1 is 0.870 bits per heavy atom. The van der Waals surface area contributed by atoms with Crippen LogP contribution in [0.4, 0.5) is 0 Å². The van der Waals surface area contributed by atoms with Crippen molar-refractivity contribution in [2.75, 3.05) is 0 Å². The number of nitrogens with zero attached hydrogens (tertiary/aromatic N) is 3. The predicted molar refractivity (Wildman–Crippen MR) is 91.3 cm³/mol. The van der Waals surface area contributed by atoms with Gasteiger partial charge in [-0.2, -0.15) is 0 Å². The second kappa shape index (κ2) is 5.95. The number of halogens is 1. The Hall–Kier alpha value is -2.50. The number of aromatic nitrogens is 3. The summed E-state index contributed by atoms with van der Waals surface area (Å²) in [6, 6.07) is 13.4. The molecule has 3 heterocycles. The van der Waals surface area contributed by atoms with Gasteiger partial charge in [-0.15, -0.1) is 21.5 Å². The second-order valence-corrected chi connectivity index (χ2v) is 6.25. The van der Waals surface area contributed by atoms with E-state index < -0.39 is 0 Å². The van der Waals surface area contributed by atoms with E-state index in [0.717, 1.165) is 21.6 Å². The molecule has 0 amide bonds. The Kier molecular flexibility index (Phi) is 3.65. The molecule has 0 aliphatic rings. The van der Waals surface area contributed by atoms with Gasteiger partial charge >= 0.3 is 0 Å². The van der Waals surface area contributed by atoms with Crippen molar-refractivity contribution in [3.63, 3.8) is 0 Å². The molecule has 3 aromatic heterocycles. The van der Waals surface area contributed by atoms with Crippen molar-refractivity contribution in [2.45, 2.75) is 0 Å². The van der Waals surface area contributed by atoms with Crippen LogP contribution in [0.1, 0.15) is 0 Å². The van der Waals surface area contributed by atoms with Gasteiger partial charge in [0.2, 0.25) is 11.8 Å². The molecule has 0 bridgehead atoms. The van der Waals surface area contributed by atoms with Crippen molar-refractivity contribution in [3.8, 4) is 33.3 Å². The number of benzene rings is 1. The number of pyridine rings is 1. The van der Waals surface area contributed by atoms with Crippen LogP contribution in [0.3, 0.4) is 0 Å². The minimum atomic E-state index is 0.434. The molecule has 0 fully saturated rings. The average Bonchev–Trinajstić information content (AvgIpc) is 3.27. The molecule has 0 aliphatic carbocycles. The molecular weight excluding hydrogens is 330 g/mol. The molecule has 6 heteroatoms. The van der Waals surface area contributed by atoms with Gasteiger partial charge in [0.15, 0.2) is 0 Å². The van der Waals surface area contributed by atoms with E-state index in [2.05, 4.69) is 21.2 Å². The maximum atomic E-state index is 6.00. The topological polar surface area (TPSA) is 51.8 Å². The Labute approximate surface area is 141 Å². The summed E-state index contributed by atoms with van der Waals surface area (Å²) in [6.45, 7) is 0. The molecule has 0 saturated carbocycles. The zero-order chi connectivity index (χ0) is 15.6. The highest BCUT2D eigenvalue weighted by Gasteiger charge is 2.12. The van der Waals surface area contributed by atoms with Crippen molar-refractivity contribution < 1.29 is 4.42 Å². The summed E-state index contributed by atoms with van der Waals surface area (Å²) in [6.07, 6.45) is 3.54. The molecule has 0 radical (unpaired) electrons. The van der Waals surface area contributed by atoms with Crippen molar-refractivity contribution in [1.82, 2.24) is 15.2 Å². The van der Waals surface area contributed by atoms with E-state index in [-0.39, 0.29) is 0 Å². The summed E-state index contributed by atoms with van der Waals surface area (Å²) >= 11 is 7.66. The van der Waals surface area contributed by atoms with Gasteiger partial charge in [-0.05, 0) is 35.7 Å². The summed E-state index contributed by atoms with van der Waals surface area (Å²) in [5, 5.41) is 10.9. The van der Waals surface area contributed by atoms with Crippen molar-refractivity contribution in [3.05, 3.63) is 65.3 Å². The van der Waals surface area contributed by atoms with Crippen LogP contribution in [-0.4, -0.2) is 15.2 Å². The third-order valence-corrected chi connectivity index (χ3v) is 4.44. The van der Waals surface area contributed by atoms with Gasteiger partial charge in [-0.3, -0.25) is 4.98 Å². The fourth-order valence-corrected chi connectivity index (χ4v) is 3.11. The minimum absolute atomic E-state index is 0.434. The smallest absolute Gasteiger partial charge is 0.249 e. The molecule has 112 valence electrons. The molecule has 0 spiro atoms. The summed E-state index contributed by atoms with van der Waals surface area (Å²) in [7, 11) is 0. The van der Waals surface area contributed by atoms with Crippen LogP contribution in [0.5, 0.6) is 0 Å². The molecule has 0 saturated heterocycles. The van der Waals surface area contributed by atoms with Gasteiger partial charge in [0, 0.05) is 33.4 Å². The lowest BCUT2D eigenvalue weighted by atomic mass is 10.2. The third-order valence-electron chi connectivity index (χ3n) is 3.29. The molecule has 1 aromatic carbocycles. The van der Waals surface area contributed by atoms with E-state index in [4.69, 9.17) is 16.0 Å². The standard InChI is InChI=1S/C17H10ClN3OS/c18-14-4-1-3-11(8-14)16-20-21-17(22-16)13-7-12(9-19-10-13)15-5-2-6-23-15/h1-10H. The van der Waals surface area contributed by atoms with E-state index in [1.165, 1.54) is 0 Å². The van der Waals surface area contributed by atoms with E-state index in [0.29, 0.717) is 16.8 Å². The van der Waals surface area contributed by atoms with Crippen molar-refractivity contribution in [2.24, 2.45) is 0 Å². The molecular formula is C17H10ClN3OS. The van der Waals surface area contributed by atoms with Crippen molar-refractivity contribution >= 4 is 22.9 Å². The van der Waals surface area contributed by atoms with Crippen molar-refractivity contribution in [1.29, 1.82) is 0 Å². The van der Waals surface area contributed by atoms with Crippen LogP contribution in [0.15, 0.2) is 64.7 Å². The Balaban J connectivity index is 1.71. The lowest BCUT2D eigenvalue weighted by Gasteiger charge is -1.99. The Morgan fingerprint density at radius 2 is 1.70 bits per heavy atom. The van der Waals surface area contributed by atoms with Crippen LogP contribution in [-0.2, 0) is 0 Å². The predicted octanol–water partition coefficient (Wildman–Crippen LogP) is 5.18. The highest BCUT2D eigenvalue weighted by atomic mass is 35.5. The highest BCUT2D eigenvalue weighted by molar-refractivity contribution is 7.13. The summed E-state index contributed by atoms with van der Waals surface area (Å²) in [5.74, 6) is 0.870. The van der Waals surface area contributed by atoms with Gasteiger partial charge in [0.1, 0.15) is 0 Å². The van der Waals surface area contributed by atoms with E-state index >= 15 is 0 Å². The van der Waals surface area contributed by atoms with Gasteiger partial charge in [-0.25, -0.2) is 0 Å². The number of hydrogen-bond donors (Lipinski definition) is 0. The molecule has 0 atom stereocenters. The quantitative estimate of drug-likeness (QED) is 0.516. The maximum Gasteiger partial charge on any atom is 0.249 e. The van der Waals surface area contributed by atoms with Crippen LogP contribution < -0.4 is 0 Å². The molecule has 4 aromatic rings. The van der Waals surface area contributed by atoms with Crippen LogP contribution in [0.25, 0.3) is 33.3 Å². The first-order valence-corrected chi connectivity index (χ1v) is 8.14. The molecule has 23 heavy (non-hydrogen) atoms. The molecule has 0 aliphatic heterocycles. The monoisotopic (exact) mass is 339 g/mol. The molecule has 4 rings (SSSR count). The molecule has 4 nitrogen and oxygen atoms in total. The Bertz CT molecular complexity index is 950. The fraction of sp³-hybridized carbons (Fsp3) is 0. The minimum Gasteiger partial charge on any atom is -0.416 e. The lowest BCUT2D eigenvalue weighted by Crippen LogP contribution is -1.82. The van der Waals surface area contributed by atoms with E-state index in [9.17, 15) is 0 Å². The second-order valence-electron chi connectivity index (χ2n) is 4.86. The van der Waals surface area contributed by atoms with Gasteiger partial charge in [0.05, 0.1) is 5.56 Å². The van der Waals surface area contributed by atoms with Crippen LogP contribution in [0, 0.1) is 0 Å². The van der Waals surface area contributed by atoms with Gasteiger partial charge in [-0.1, -0.05) is 23.7 Å². The van der Waals surface area contributed by atoms with E-state index in [1.54, 1.807) is 29.7 Å². The zero-order valence-corrected chi connectivity index (χ0v) is 13.4. The molecule has 0 N–H and O–H groups in total. The Morgan fingerprint density at radius 3 is 2.48 bits per heavy atom. The normalized spacial score (nSPS) is 10.8. The zero-order valence-electron chi connectivity index (χ0n) is 11.8. The first kappa shape index (κ1) is 14.1. The average molecular weight is 340 g/mol. The highest BCUT2D eigenvalue weighted by Crippen LogP contribution is 2.29. The summed E-state index contributed by atoms with van der Waals surface area (Å²) in [4.78, 5) is 5.42. The number of hydrogen-bond acceptors (Lipinski definition) is 5. The fourth-order valence-electron chi connectivity index (χ4n) is 2.21. The largest absolute Gasteiger partial charge is 0.416 e. The van der Waals surface area contributed by atoms with Gasteiger partial charge < -0.3 is 4.42 Å². The molecule has 0 unspecified atom stereocenters. The summed E-state index contributed by atoms with van der Waals surface area (Å²) < 4.78 is 5.77. The first-order chi connectivity index (χ1) is 11.3. The van der Waals surface area contributed by atoms with Gasteiger partial charge in [0.25, 0.3) is 0 Å². The summed E-state index contributed by atoms with van der Waals surface area (Å²) in [5.41, 5.74) is 2.61. The third kappa shape index (κ3) is 2.88.